The minimum Gasteiger partial charge on any atom is -0.481 e. The van der Waals surface area contributed by atoms with E-state index >= 15 is 0 Å². The van der Waals surface area contributed by atoms with Crippen LogP contribution >= 0.6 is 0 Å². The maximum atomic E-state index is 13.7. The maximum Gasteiger partial charge on any atom is 0.261 e. The van der Waals surface area contributed by atoms with Crippen LogP contribution in [0.2, 0.25) is 0 Å². The number of benzene rings is 2. The van der Waals surface area contributed by atoms with E-state index in [4.69, 9.17) is 4.74 Å². The van der Waals surface area contributed by atoms with Gasteiger partial charge in [0.15, 0.2) is 18.2 Å². The van der Waals surface area contributed by atoms with Gasteiger partial charge in [0.25, 0.3) is 5.91 Å². The molecule has 1 N–H and O–H groups in total. The number of carbonyl (C=O) groups is 2. The molecule has 0 saturated carbocycles. The molecule has 0 bridgehead atoms. The summed E-state index contributed by atoms with van der Waals surface area (Å²) in [5.74, 6) is -1.14. The van der Waals surface area contributed by atoms with Crippen molar-refractivity contribution in [1.82, 2.24) is 10.2 Å². The summed E-state index contributed by atoms with van der Waals surface area (Å²) in [6.07, 6.45) is 0.806. The number of ether oxygens (including phenoxy) is 1. The van der Waals surface area contributed by atoms with Gasteiger partial charge in [0.1, 0.15) is 6.04 Å². The number of rotatable bonds is 9. The Morgan fingerprint density at radius 1 is 1.18 bits per heavy atom. The largest absolute Gasteiger partial charge is 0.481 e. The molecule has 0 aromatic heterocycles. The van der Waals surface area contributed by atoms with Crippen molar-refractivity contribution < 1.29 is 18.7 Å². The Morgan fingerprint density at radius 2 is 1.93 bits per heavy atom. The van der Waals surface area contributed by atoms with Crippen molar-refractivity contribution in [2.75, 3.05) is 13.2 Å². The second-order valence-electron chi connectivity index (χ2n) is 6.70. The zero-order valence-electron chi connectivity index (χ0n) is 16.6. The average Bonchev–Trinajstić information content (AvgIpc) is 2.69. The third kappa shape index (κ3) is 6.08. The molecule has 0 radical (unpaired) electrons. The van der Waals surface area contributed by atoms with Crippen LogP contribution in [0.5, 0.6) is 5.75 Å². The van der Waals surface area contributed by atoms with Gasteiger partial charge < -0.3 is 15.0 Å². The molecule has 150 valence electrons. The van der Waals surface area contributed by atoms with Crippen molar-refractivity contribution in [1.29, 1.82) is 0 Å². The van der Waals surface area contributed by atoms with Gasteiger partial charge in [-0.15, -0.1) is 0 Å². The number of carbonyl (C=O) groups excluding carboxylic acids is 2. The van der Waals surface area contributed by atoms with Gasteiger partial charge in [-0.2, -0.15) is 0 Å². The number of aryl methyl sites for hydroxylation is 1. The van der Waals surface area contributed by atoms with Gasteiger partial charge in [0, 0.05) is 13.1 Å². The van der Waals surface area contributed by atoms with Crippen LogP contribution < -0.4 is 10.1 Å². The van der Waals surface area contributed by atoms with Gasteiger partial charge in [-0.25, -0.2) is 4.39 Å². The lowest BCUT2D eigenvalue weighted by Gasteiger charge is -2.29. The highest BCUT2D eigenvalue weighted by molar-refractivity contribution is 5.87. The summed E-state index contributed by atoms with van der Waals surface area (Å²) in [5, 5.41) is 2.81. The Labute approximate surface area is 165 Å². The van der Waals surface area contributed by atoms with Crippen molar-refractivity contribution in [2.45, 2.75) is 39.8 Å². The standard InChI is InChI=1S/C22H27FN2O3/c1-4-12-24-22(27)17(3)25(14-18-9-7-8-16(2)13-18)21(26)15-28-20-11-6-5-10-19(20)23/h5-11,13,17H,4,12,14-15H2,1-3H3,(H,24,27)/t17-/m1/s1. The number of hydrogen-bond donors (Lipinski definition) is 1. The first kappa shape index (κ1) is 21.4. The van der Waals surface area contributed by atoms with Crippen LogP contribution in [0.3, 0.4) is 0 Å². The maximum absolute atomic E-state index is 13.7. The minimum absolute atomic E-state index is 0.00874. The Bertz CT molecular complexity index is 810. The Balaban J connectivity index is 2.14. The normalized spacial score (nSPS) is 11.6. The van der Waals surface area contributed by atoms with Gasteiger partial charge in [-0.05, 0) is 38.0 Å². The molecule has 2 aromatic carbocycles. The van der Waals surface area contributed by atoms with Crippen LogP contribution in [-0.2, 0) is 16.1 Å². The van der Waals surface area contributed by atoms with E-state index in [0.717, 1.165) is 17.5 Å². The molecule has 0 heterocycles. The van der Waals surface area contributed by atoms with Crippen LogP contribution in [0.1, 0.15) is 31.4 Å². The lowest BCUT2D eigenvalue weighted by atomic mass is 10.1. The second-order valence-corrected chi connectivity index (χ2v) is 6.70. The van der Waals surface area contributed by atoms with Gasteiger partial charge in [-0.1, -0.05) is 48.9 Å². The zero-order chi connectivity index (χ0) is 20.5. The molecule has 6 heteroatoms. The first-order chi connectivity index (χ1) is 13.4. The number of nitrogens with zero attached hydrogens (tertiary/aromatic N) is 1. The first-order valence-corrected chi connectivity index (χ1v) is 9.42. The van der Waals surface area contributed by atoms with Crippen LogP contribution in [0.4, 0.5) is 4.39 Å². The number of hydrogen-bond acceptors (Lipinski definition) is 3. The van der Waals surface area contributed by atoms with E-state index in [2.05, 4.69) is 5.32 Å². The van der Waals surface area contributed by atoms with Crippen LogP contribution in [-0.4, -0.2) is 35.9 Å². The molecule has 0 spiro atoms. The van der Waals surface area contributed by atoms with E-state index in [1.54, 1.807) is 19.1 Å². The fraction of sp³-hybridized carbons (Fsp3) is 0.364. The third-order valence-electron chi connectivity index (χ3n) is 4.34. The molecule has 0 aliphatic rings. The number of nitrogens with one attached hydrogen (secondary N) is 1. The van der Waals surface area contributed by atoms with E-state index in [0.29, 0.717) is 6.54 Å². The summed E-state index contributed by atoms with van der Waals surface area (Å²) in [4.78, 5) is 26.7. The van der Waals surface area contributed by atoms with Crippen LogP contribution in [0.15, 0.2) is 48.5 Å². The summed E-state index contributed by atoms with van der Waals surface area (Å²) < 4.78 is 19.1. The molecule has 2 amide bonds. The first-order valence-electron chi connectivity index (χ1n) is 9.42. The van der Waals surface area contributed by atoms with Gasteiger partial charge >= 0.3 is 0 Å². The molecule has 0 fully saturated rings. The quantitative estimate of drug-likeness (QED) is 0.718. The summed E-state index contributed by atoms with van der Waals surface area (Å²) in [7, 11) is 0. The summed E-state index contributed by atoms with van der Waals surface area (Å²) in [6.45, 7) is 6.07. The predicted molar refractivity (Wildman–Crippen MR) is 106 cm³/mol. The monoisotopic (exact) mass is 386 g/mol. The molecule has 1 atom stereocenters. The number of amides is 2. The summed E-state index contributed by atoms with van der Waals surface area (Å²) in [6, 6.07) is 13.0. The molecule has 2 rings (SSSR count). The van der Waals surface area contributed by atoms with E-state index in [1.165, 1.54) is 17.0 Å². The van der Waals surface area contributed by atoms with Gasteiger partial charge in [-0.3, -0.25) is 9.59 Å². The highest BCUT2D eigenvalue weighted by atomic mass is 19.1. The molecule has 0 unspecified atom stereocenters. The zero-order valence-corrected chi connectivity index (χ0v) is 16.6. The van der Waals surface area contributed by atoms with Crippen molar-refractivity contribution in [3.05, 3.63) is 65.5 Å². The average molecular weight is 386 g/mol. The van der Waals surface area contributed by atoms with Gasteiger partial charge in [0.05, 0.1) is 0 Å². The topological polar surface area (TPSA) is 58.6 Å². The van der Waals surface area contributed by atoms with E-state index in [-0.39, 0.29) is 30.7 Å². The summed E-state index contributed by atoms with van der Waals surface area (Å²) in [5.41, 5.74) is 1.98. The molecular weight excluding hydrogens is 359 g/mol. The van der Waals surface area contributed by atoms with Crippen molar-refractivity contribution >= 4 is 11.8 Å². The van der Waals surface area contributed by atoms with Crippen LogP contribution in [0.25, 0.3) is 0 Å². The van der Waals surface area contributed by atoms with Crippen molar-refractivity contribution in [3.8, 4) is 5.75 Å². The molecule has 2 aromatic rings. The fourth-order valence-corrected chi connectivity index (χ4v) is 2.77. The van der Waals surface area contributed by atoms with E-state index < -0.39 is 11.9 Å². The molecule has 28 heavy (non-hydrogen) atoms. The molecule has 0 aliphatic heterocycles. The molecule has 0 aliphatic carbocycles. The van der Waals surface area contributed by atoms with E-state index in [1.807, 2.05) is 38.1 Å². The second kappa shape index (κ2) is 10.4. The number of halogens is 1. The molecule has 5 nitrogen and oxygen atoms in total. The lowest BCUT2D eigenvalue weighted by molar-refractivity contribution is -0.142. The Hall–Kier alpha value is -2.89. The highest BCUT2D eigenvalue weighted by Gasteiger charge is 2.26. The smallest absolute Gasteiger partial charge is 0.261 e. The lowest BCUT2D eigenvalue weighted by Crippen LogP contribution is -2.49. The Kier molecular flexibility index (Phi) is 7.99. The number of para-hydroxylation sites is 1. The van der Waals surface area contributed by atoms with E-state index in [9.17, 15) is 14.0 Å². The van der Waals surface area contributed by atoms with Gasteiger partial charge in [0.2, 0.25) is 5.91 Å². The Morgan fingerprint density at radius 3 is 2.61 bits per heavy atom. The molecule has 0 saturated heterocycles. The van der Waals surface area contributed by atoms with Crippen molar-refractivity contribution in [2.24, 2.45) is 0 Å². The van der Waals surface area contributed by atoms with Crippen LogP contribution in [0, 0.1) is 12.7 Å². The predicted octanol–water partition coefficient (Wildman–Crippen LogP) is 3.46. The third-order valence-corrected chi connectivity index (χ3v) is 4.34. The minimum atomic E-state index is -0.677. The SMILES string of the molecule is CCCNC(=O)[C@@H](C)N(Cc1cccc(C)c1)C(=O)COc1ccccc1F. The fourth-order valence-electron chi connectivity index (χ4n) is 2.77. The van der Waals surface area contributed by atoms with Crippen molar-refractivity contribution in [3.63, 3.8) is 0 Å². The summed E-state index contributed by atoms with van der Waals surface area (Å²) >= 11 is 0. The molecular formula is C22H27FN2O3. The highest BCUT2D eigenvalue weighted by Crippen LogP contribution is 2.16.